The molecule has 3 aromatic rings. The van der Waals surface area contributed by atoms with Gasteiger partial charge in [-0.05, 0) is 32.2 Å². The maximum absolute atomic E-state index is 14.3. The molecule has 1 aromatic heterocycles. The fourth-order valence-corrected chi connectivity index (χ4v) is 6.00. The summed E-state index contributed by atoms with van der Waals surface area (Å²) in [5, 5.41) is 14.8. The quantitative estimate of drug-likeness (QED) is 0.172. The monoisotopic (exact) mass is 591 g/mol. The van der Waals surface area contributed by atoms with Crippen LogP contribution in [-0.4, -0.2) is 51.1 Å². The van der Waals surface area contributed by atoms with Crippen LogP contribution in [0.1, 0.15) is 33.4 Å². The molecule has 12 nitrogen and oxygen atoms in total. The second-order valence-electron chi connectivity index (χ2n) is 9.71. The molecule has 2 heterocycles. The number of fused-ring (bicyclic) bond motifs is 1. The maximum atomic E-state index is 14.3. The molecular formula is C27H31FN3O9P. The van der Waals surface area contributed by atoms with E-state index in [2.05, 4.69) is 11.7 Å². The Morgan fingerprint density at radius 3 is 2.66 bits per heavy atom. The fourth-order valence-electron chi connectivity index (χ4n) is 4.32. The molecule has 0 bridgehead atoms. The molecule has 0 aliphatic carbocycles. The summed E-state index contributed by atoms with van der Waals surface area (Å²) >= 11 is 0. The van der Waals surface area contributed by atoms with Gasteiger partial charge < -0.3 is 19.1 Å². The third kappa shape index (κ3) is 7.00. The molecule has 220 valence electrons. The molecule has 1 fully saturated rings. The average Bonchev–Trinajstić information content (AvgIpc) is 3.30. The SMILES string of the molecule is C=C[C@@H](O[P@](=O)(N[C@@H](C)C(=O)OC(C)C)Oc1cccc2ccccc12)[C@H]1O[C@@H](n2cc(F)c(=O)[nH]c2=O)C[C@@H]1O. The number of aromatic amines is 1. The van der Waals surface area contributed by atoms with Gasteiger partial charge in [0.15, 0.2) is 0 Å². The minimum absolute atomic E-state index is 0.187. The van der Waals surface area contributed by atoms with E-state index >= 15 is 0 Å². The Morgan fingerprint density at radius 1 is 1.24 bits per heavy atom. The molecule has 0 amide bonds. The highest BCUT2D eigenvalue weighted by Crippen LogP contribution is 2.49. The number of nitrogens with zero attached hydrogens (tertiary/aromatic N) is 1. The normalized spacial score (nSPS) is 21.8. The summed E-state index contributed by atoms with van der Waals surface area (Å²) in [4.78, 5) is 38.0. The molecule has 41 heavy (non-hydrogen) atoms. The van der Waals surface area contributed by atoms with Crippen molar-refractivity contribution >= 4 is 24.5 Å². The number of hydrogen-bond acceptors (Lipinski definition) is 9. The Labute approximate surface area is 234 Å². The maximum Gasteiger partial charge on any atom is 0.460 e. The third-order valence-corrected chi connectivity index (χ3v) is 7.87. The first-order chi connectivity index (χ1) is 19.4. The largest absolute Gasteiger partial charge is 0.462 e. The van der Waals surface area contributed by atoms with Gasteiger partial charge in [0.2, 0.25) is 5.82 Å². The Balaban J connectivity index is 1.64. The van der Waals surface area contributed by atoms with Crippen LogP contribution in [0.4, 0.5) is 4.39 Å². The van der Waals surface area contributed by atoms with E-state index in [1.165, 1.54) is 13.0 Å². The van der Waals surface area contributed by atoms with Gasteiger partial charge in [0.1, 0.15) is 30.2 Å². The van der Waals surface area contributed by atoms with E-state index in [4.69, 9.17) is 18.5 Å². The van der Waals surface area contributed by atoms with Gasteiger partial charge in [0, 0.05) is 11.8 Å². The zero-order valence-corrected chi connectivity index (χ0v) is 23.5. The van der Waals surface area contributed by atoms with E-state index < -0.39 is 67.5 Å². The lowest BCUT2D eigenvalue weighted by Crippen LogP contribution is -2.40. The summed E-state index contributed by atoms with van der Waals surface area (Å²) in [5.41, 5.74) is -2.15. The molecule has 0 unspecified atom stereocenters. The predicted octanol–water partition coefficient (Wildman–Crippen LogP) is 3.17. The van der Waals surface area contributed by atoms with Crippen molar-refractivity contribution in [1.82, 2.24) is 14.6 Å². The molecular weight excluding hydrogens is 560 g/mol. The Kier molecular flexibility index (Phi) is 9.25. The van der Waals surface area contributed by atoms with E-state index in [0.717, 1.165) is 9.95 Å². The number of ether oxygens (including phenoxy) is 2. The number of carbonyl (C=O) groups excluding carboxylic acids is 1. The lowest BCUT2D eigenvalue weighted by molar-refractivity contribution is -0.149. The van der Waals surface area contributed by atoms with Crippen molar-refractivity contribution < 1.29 is 37.4 Å². The van der Waals surface area contributed by atoms with Crippen molar-refractivity contribution in [3.05, 3.63) is 88.0 Å². The van der Waals surface area contributed by atoms with E-state index in [-0.39, 0.29) is 12.2 Å². The number of benzene rings is 2. The molecule has 6 atom stereocenters. The summed E-state index contributed by atoms with van der Waals surface area (Å²) in [7, 11) is -4.46. The Bertz CT molecular complexity index is 1580. The summed E-state index contributed by atoms with van der Waals surface area (Å²) in [5.74, 6) is -1.74. The van der Waals surface area contributed by atoms with Gasteiger partial charge in [-0.3, -0.25) is 23.7 Å². The third-order valence-electron chi connectivity index (χ3n) is 6.21. The highest BCUT2D eigenvalue weighted by Gasteiger charge is 2.44. The van der Waals surface area contributed by atoms with Gasteiger partial charge in [-0.25, -0.2) is 9.36 Å². The zero-order chi connectivity index (χ0) is 29.9. The summed E-state index contributed by atoms with van der Waals surface area (Å²) in [6, 6.07) is 11.1. The van der Waals surface area contributed by atoms with Crippen molar-refractivity contribution in [3.8, 4) is 5.75 Å². The van der Waals surface area contributed by atoms with Gasteiger partial charge in [0.25, 0.3) is 5.56 Å². The summed E-state index contributed by atoms with van der Waals surface area (Å²) in [6.07, 6.45) is -3.78. The molecule has 1 saturated heterocycles. The highest BCUT2D eigenvalue weighted by atomic mass is 31.2. The van der Waals surface area contributed by atoms with E-state index in [1.54, 1.807) is 38.1 Å². The van der Waals surface area contributed by atoms with Crippen LogP contribution in [0.25, 0.3) is 10.8 Å². The van der Waals surface area contributed by atoms with Crippen LogP contribution in [0.2, 0.25) is 0 Å². The number of H-pyrrole nitrogens is 1. The molecule has 1 aliphatic rings. The van der Waals surface area contributed by atoms with Crippen LogP contribution < -0.4 is 20.9 Å². The zero-order valence-electron chi connectivity index (χ0n) is 22.6. The van der Waals surface area contributed by atoms with Crippen molar-refractivity contribution in [2.75, 3.05) is 0 Å². The Morgan fingerprint density at radius 2 is 1.95 bits per heavy atom. The van der Waals surface area contributed by atoms with E-state index in [1.807, 2.05) is 23.2 Å². The number of carbonyl (C=O) groups is 1. The van der Waals surface area contributed by atoms with Gasteiger partial charge >= 0.3 is 19.4 Å². The van der Waals surface area contributed by atoms with Crippen LogP contribution in [-0.2, 0) is 23.4 Å². The highest BCUT2D eigenvalue weighted by molar-refractivity contribution is 7.52. The number of aliphatic hydroxyl groups excluding tert-OH is 1. The van der Waals surface area contributed by atoms with Crippen LogP contribution in [0.15, 0.2) is 70.9 Å². The minimum atomic E-state index is -4.46. The van der Waals surface area contributed by atoms with E-state index in [9.17, 15) is 28.4 Å². The summed E-state index contributed by atoms with van der Waals surface area (Å²) in [6.45, 7) is 8.43. The number of esters is 1. The predicted molar refractivity (Wildman–Crippen MR) is 147 cm³/mol. The van der Waals surface area contributed by atoms with Crippen LogP contribution in [0, 0.1) is 5.82 Å². The number of rotatable bonds is 11. The van der Waals surface area contributed by atoms with Gasteiger partial charge in [-0.1, -0.05) is 42.5 Å². The second-order valence-corrected chi connectivity index (χ2v) is 11.4. The fraction of sp³-hybridized carbons (Fsp3) is 0.370. The number of hydrogen-bond donors (Lipinski definition) is 3. The molecule has 14 heteroatoms. The van der Waals surface area contributed by atoms with Crippen LogP contribution in [0.5, 0.6) is 5.75 Å². The first kappa shape index (κ1) is 30.4. The number of halogens is 1. The molecule has 3 N–H and O–H groups in total. The lowest BCUT2D eigenvalue weighted by Gasteiger charge is -2.29. The standard InChI is InChI=1S/C27H31FN3O9P/c1-5-21(24-20(32)13-23(38-24)31-14-19(28)25(33)29-27(31)35)39-41(36,30-16(4)26(34)37-15(2)3)40-22-12-8-10-17-9-6-7-11-18(17)22/h5-12,14-16,20-21,23-24,32H,1,13H2,2-4H3,(H,30,36)(H,29,33,35)/t16-,20-,21+,23+,24-,41+/m0/s1. The first-order valence-electron chi connectivity index (χ1n) is 12.8. The van der Waals surface area contributed by atoms with Gasteiger partial charge in [0.05, 0.1) is 18.4 Å². The van der Waals surface area contributed by atoms with Crippen molar-refractivity contribution in [3.63, 3.8) is 0 Å². The second kappa shape index (κ2) is 12.5. The smallest absolute Gasteiger partial charge is 0.460 e. The van der Waals surface area contributed by atoms with Crippen LogP contribution in [0.3, 0.4) is 0 Å². The van der Waals surface area contributed by atoms with Gasteiger partial charge in [-0.2, -0.15) is 9.48 Å². The molecule has 4 rings (SSSR count). The Hall–Kier alpha value is -3.61. The number of aliphatic hydroxyl groups is 1. The molecule has 1 aliphatic heterocycles. The first-order valence-corrected chi connectivity index (χ1v) is 14.4. The van der Waals surface area contributed by atoms with Crippen molar-refractivity contribution in [1.29, 1.82) is 0 Å². The molecule has 0 saturated carbocycles. The van der Waals surface area contributed by atoms with Gasteiger partial charge in [-0.15, -0.1) is 6.58 Å². The van der Waals surface area contributed by atoms with Crippen LogP contribution >= 0.6 is 7.75 Å². The minimum Gasteiger partial charge on any atom is -0.462 e. The van der Waals surface area contributed by atoms with Crippen molar-refractivity contribution in [2.24, 2.45) is 0 Å². The lowest BCUT2D eigenvalue weighted by atomic mass is 10.1. The summed E-state index contributed by atoms with van der Waals surface area (Å²) < 4.78 is 51.7. The topological polar surface area (TPSA) is 158 Å². The van der Waals surface area contributed by atoms with E-state index in [0.29, 0.717) is 11.6 Å². The average molecular weight is 592 g/mol. The number of aromatic nitrogens is 2. The molecule has 0 spiro atoms. The molecule has 2 aromatic carbocycles. The van der Waals surface area contributed by atoms with Crippen molar-refractivity contribution in [2.45, 2.75) is 63.9 Å². The number of nitrogens with one attached hydrogen (secondary N) is 2. The molecule has 0 radical (unpaired) electrons.